The first-order chi connectivity index (χ1) is 11.8. The molecule has 0 aliphatic heterocycles. The summed E-state index contributed by atoms with van der Waals surface area (Å²) in [5.74, 6) is 0.503. The topological polar surface area (TPSA) is 92.9 Å². The fourth-order valence-corrected chi connectivity index (χ4v) is 3.19. The van der Waals surface area contributed by atoms with Crippen molar-refractivity contribution in [3.8, 4) is 11.4 Å². The van der Waals surface area contributed by atoms with Gasteiger partial charge in [0, 0.05) is 24.1 Å². The molecule has 1 aliphatic rings. The van der Waals surface area contributed by atoms with Crippen molar-refractivity contribution in [3.63, 3.8) is 0 Å². The van der Waals surface area contributed by atoms with Crippen LogP contribution in [0.25, 0.3) is 11.4 Å². The Bertz CT molecular complexity index is 658. The Balaban J connectivity index is 1.59. The molecule has 1 saturated carbocycles. The Morgan fingerprint density at radius 2 is 2.00 bits per heavy atom. The molecule has 0 spiro atoms. The third-order valence-corrected chi connectivity index (χ3v) is 4.51. The number of hydrogen-bond donors (Lipinski definition) is 2. The molecule has 2 N–H and O–H groups in total. The second-order valence-corrected chi connectivity index (χ2v) is 6.26. The predicted octanol–water partition coefficient (Wildman–Crippen LogP) is 1.40. The Hall–Kier alpha value is -2.28. The number of amides is 1. The average Bonchev–Trinajstić information content (AvgIpc) is 2.95. The van der Waals surface area contributed by atoms with E-state index in [4.69, 9.17) is 0 Å². The number of carbonyl (C=O) groups is 1. The number of nitrogens with one attached hydrogen (secondary N) is 1. The largest absolute Gasteiger partial charge is 0.396 e. The van der Waals surface area contributed by atoms with E-state index in [1.54, 1.807) is 0 Å². The van der Waals surface area contributed by atoms with Crippen LogP contribution in [0.15, 0.2) is 30.3 Å². The third kappa shape index (κ3) is 4.17. The fourth-order valence-electron chi connectivity index (χ4n) is 3.19. The highest BCUT2D eigenvalue weighted by atomic mass is 16.3. The van der Waals surface area contributed by atoms with Crippen LogP contribution in [0.3, 0.4) is 0 Å². The predicted molar refractivity (Wildman–Crippen MR) is 88.8 cm³/mol. The van der Waals surface area contributed by atoms with Crippen LogP contribution in [0.1, 0.15) is 32.1 Å². The summed E-state index contributed by atoms with van der Waals surface area (Å²) in [5.41, 5.74) is 0.869. The summed E-state index contributed by atoms with van der Waals surface area (Å²) in [5, 5.41) is 24.8. The van der Waals surface area contributed by atoms with E-state index in [0.717, 1.165) is 37.7 Å². The van der Waals surface area contributed by atoms with E-state index >= 15 is 0 Å². The molecule has 0 bridgehead atoms. The lowest BCUT2D eigenvalue weighted by Gasteiger charge is -2.24. The lowest BCUT2D eigenvalue weighted by molar-refractivity contribution is -0.123. The molecule has 7 nitrogen and oxygen atoms in total. The number of aliphatic hydroxyl groups is 1. The molecule has 1 fully saturated rings. The number of aromatic nitrogens is 4. The van der Waals surface area contributed by atoms with Gasteiger partial charge in [0.25, 0.3) is 0 Å². The summed E-state index contributed by atoms with van der Waals surface area (Å²) in [6.07, 6.45) is 5.23. The number of hydrogen-bond acceptors (Lipinski definition) is 5. The molecule has 7 heteroatoms. The smallest absolute Gasteiger partial charge is 0.243 e. The van der Waals surface area contributed by atoms with Crippen LogP contribution in [0, 0.1) is 5.92 Å². The van der Waals surface area contributed by atoms with Gasteiger partial charge in [0.15, 0.2) is 0 Å². The van der Waals surface area contributed by atoms with E-state index in [0.29, 0.717) is 5.82 Å². The van der Waals surface area contributed by atoms with Crippen molar-refractivity contribution in [3.05, 3.63) is 30.3 Å². The molecule has 1 heterocycles. The minimum atomic E-state index is -0.141. The highest BCUT2D eigenvalue weighted by Crippen LogP contribution is 2.23. The lowest BCUT2D eigenvalue weighted by Crippen LogP contribution is -2.42. The summed E-state index contributed by atoms with van der Waals surface area (Å²) in [6, 6.07) is 9.57. The quantitative estimate of drug-likeness (QED) is 0.809. The molecule has 24 heavy (non-hydrogen) atoms. The van der Waals surface area contributed by atoms with E-state index in [1.807, 2.05) is 30.3 Å². The van der Waals surface area contributed by atoms with Crippen LogP contribution in [0.4, 0.5) is 0 Å². The first kappa shape index (κ1) is 16.6. The van der Waals surface area contributed by atoms with Gasteiger partial charge in [-0.05, 0) is 18.1 Å². The average molecular weight is 329 g/mol. The zero-order chi connectivity index (χ0) is 16.8. The standard InChI is InChI=1S/C17H23N5O2/c23-12-14-9-5-2-6-10-15(14)18-16(24)11-22-20-17(19-21-22)13-7-3-1-4-8-13/h1,3-4,7-8,14-15,23H,2,5-6,9-12H2,(H,18,24). The van der Waals surface area contributed by atoms with Gasteiger partial charge in [-0.15, -0.1) is 10.2 Å². The molecular weight excluding hydrogens is 306 g/mol. The van der Waals surface area contributed by atoms with E-state index in [1.165, 1.54) is 4.80 Å². The summed E-state index contributed by atoms with van der Waals surface area (Å²) in [4.78, 5) is 13.6. The molecule has 2 atom stereocenters. The Kier molecular flexibility index (Phi) is 5.53. The molecule has 0 radical (unpaired) electrons. The summed E-state index contributed by atoms with van der Waals surface area (Å²) in [6.45, 7) is 0.152. The van der Waals surface area contributed by atoms with Crippen molar-refractivity contribution in [1.82, 2.24) is 25.5 Å². The van der Waals surface area contributed by atoms with Crippen LogP contribution in [0.5, 0.6) is 0 Å². The van der Waals surface area contributed by atoms with Gasteiger partial charge < -0.3 is 10.4 Å². The minimum Gasteiger partial charge on any atom is -0.396 e. The molecule has 1 aromatic carbocycles. The SMILES string of the molecule is O=C(Cn1nnc(-c2ccccc2)n1)NC1CCCCCC1CO. The Morgan fingerprint density at radius 1 is 1.21 bits per heavy atom. The van der Waals surface area contributed by atoms with Gasteiger partial charge in [-0.2, -0.15) is 4.80 Å². The molecule has 3 rings (SSSR count). The monoisotopic (exact) mass is 329 g/mol. The Morgan fingerprint density at radius 3 is 2.79 bits per heavy atom. The molecule has 1 aliphatic carbocycles. The van der Waals surface area contributed by atoms with Crippen molar-refractivity contribution in [2.75, 3.05) is 6.61 Å². The van der Waals surface area contributed by atoms with E-state index < -0.39 is 0 Å². The van der Waals surface area contributed by atoms with Crippen LogP contribution >= 0.6 is 0 Å². The molecule has 128 valence electrons. The van der Waals surface area contributed by atoms with Gasteiger partial charge in [-0.25, -0.2) is 0 Å². The van der Waals surface area contributed by atoms with Crippen molar-refractivity contribution in [2.24, 2.45) is 5.92 Å². The second-order valence-electron chi connectivity index (χ2n) is 6.26. The minimum absolute atomic E-state index is 0.0297. The molecule has 0 saturated heterocycles. The first-order valence-corrected chi connectivity index (χ1v) is 8.49. The van der Waals surface area contributed by atoms with Gasteiger partial charge >= 0.3 is 0 Å². The number of tetrazole rings is 1. The normalized spacial score (nSPS) is 21.2. The van der Waals surface area contributed by atoms with Crippen molar-refractivity contribution in [2.45, 2.75) is 44.7 Å². The molecule has 2 aromatic rings. The fraction of sp³-hybridized carbons (Fsp3) is 0.529. The number of carbonyl (C=O) groups excluding carboxylic acids is 1. The number of benzene rings is 1. The van der Waals surface area contributed by atoms with Gasteiger partial charge in [0.1, 0.15) is 6.54 Å². The zero-order valence-electron chi connectivity index (χ0n) is 13.6. The number of nitrogens with zero attached hydrogens (tertiary/aromatic N) is 4. The van der Waals surface area contributed by atoms with Crippen LogP contribution in [-0.4, -0.2) is 43.9 Å². The molecule has 1 aromatic heterocycles. The van der Waals surface area contributed by atoms with E-state index in [9.17, 15) is 9.90 Å². The summed E-state index contributed by atoms with van der Waals surface area (Å²) in [7, 11) is 0. The van der Waals surface area contributed by atoms with Crippen molar-refractivity contribution >= 4 is 5.91 Å². The van der Waals surface area contributed by atoms with Crippen molar-refractivity contribution in [1.29, 1.82) is 0 Å². The van der Waals surface area contributed by atoms with Crippen LogP contribution in [-0.2, 0) is 11.3 Å². The lowest BCUT2D eigenvalue weighted by atomic mass is 9.95. The van der Waals surface area contributed by atoms with Crippen molar-refractivity contribution < 1.29 is 9.90 Å². The number of aliphatic hydroxyl groups excluding tert-OH is 1. The maximum absolute atomic E-state index is 12.3. The molecule has 1 amide bonds. The van der Waals surface area contributed by atoms with Gasteiger partial charge in [0.2, 0.25) is 11.7 Å². The maximum Gasteiger partial charge on any atom is 0.243 e. The highest BCUT2D eigenvalue weighted by Gasteiger charge is 2.24. The maximum atomic E-state index is 12.3. The third-order valence-electron chi connectivity index (χ3n) is 4.51. The highest BCUT2D eigenvalue weighted by molar-refractivity contribution is 5.75. The van der Waals surface area contributed by atoms with E-state index in [-0.39, 0.29) is 31.0 Å². The van der Waals surface area contributed by atoms with Crippen LogP contribution < -0.4 is 5.32 Å². The van der Waals surface area contributed by atoms with E-state index in [2.05, 4.69) is 20.7 Å². The van der Waals surface area contributed by atoms with Gasteiger partial charge in [-0.1, -0.05) is 49.6 Å². The number of rotatable bonds is 5. The summed E-state index contributed by atoms with van der Waals surface area (Å²) >= 11 is 0. The second kappa shape index (κ2) is 8.01. The molecule has 2 unspecified atom stereocenters. The first-order valence-electron chi connectivity index (χ1n) is 8.49. The molecular formula is C17H23N5O2. The van der Waals surface area contributed by atoms with Gasteiger partial charge in [0.05, 0.1) is 0 Å². The zero-order valence-corrected chi connectivity index (χ0v) is 13.6. The van der Waals surface area contributed by atoms with Gasteiger partial charge in [-0.3, -0.25) is 4.79 Å². The van der Waals surface area contributed by atoms with Crippen LogP contribution in [0.2, 0.25) is 0 Å². The Labute approximate surface area is 141 Å². The summed E-state index contributed by atoms with van der Waals surface area (Å²) < 4.78 is 0.